The lowest BCUT2D eigenvalue weighted by Gasteiger charge is -2.09. The van der Waals surface area contributed by atoms with Gasteiger partial charge in [0.15, 0.2) is 0 Å². The number of nitrogens with one attached hydrogen (secondary N) is 2. The normalized spacial score (nSPS) is 10.8. The summed E-state index contributed by atoms with van der Waals surface area (Å²) in [6.45, 7) is 1.76. The predicted octanol–water partition coefficient (Wildman–Crippen LogP) is 3.16. The number of hydrogen-bond acceptors (Lipinski definition) is 5. The van der Waals surface area contributed by atoms with Gasteiger partial charge in [-0.05, 0) is 48.9 Å². The van der Waals surface area contributed by atoms with Gasteiger partial charge in [-0.1, -0.05) is 12.1 Å². The Morgan fingerprint density at radius 1 is 1.12 bits per heavy atom. The Hall–Kier alpha value is -4.27. The van der Waals surface area contributed by atoms with Crippen LogP contribution < -0.4 is 16.2 Å². The Morgan fingerprint density at radius 3 is 2.62 bits per heavy atom. The Labute approximate surface area is 181 Å². The molecule has 32 heavy (non-hydrogen) atoms. The number of amides is 2. The van der Waals surface area contributed by atoms with Gasteiger partial charge in [-0.15, -0.1) is 0 Å². The summed E-state index contributed by atoms with van der Waals surface area (Å²) in [7, 11) is 1.55. The first-order valence-electron chi connectivity index (χ1n) is 9.72. The number of nitrogens with zero attached hydrogens (tertiary/aromatic N) is 2. The molecule has 0 fully saturated rings. The van der Waals surface area contributed by atoms with Gasteiger partial charge in [0, 0.05) is 24.8 Å². The fraction of sp³-hybridized carbons (Fsp3) is 0.130. The molecule has 2 aromatic heterocycles. The van der Waals surface area contributed by atoms with Crippen LogP contribution in [0.3, 0.4) is 0 Å². The van der Waals surface area contributed by atoms with Gasteiger partial charge >= 0.3 is 0 Å². The molecule has 0 bridgehead atoms. The summed E-state index contributed by atoms with van der Waals surface area (Å²) in [4.78, 5) is 41.6. The summed E-state index contributed by atoms with van der Waals surface area (Å²) in [5.41, 5.74) is 1.46. The SMILES string of the molecule is Cc1oc2ncn(C)c(=O)c2c1C(=O)NCc1cccc(NC(=O)c2ccc(F)cc2)c1. The van der Waals surface area contributed by atoms with Crippen molar-refractivity contribution in [3.8, 4) is 0 Å². The zero-order valence-electron chi connectivity index (χ0n) is 17.3. The van der Waals surface area contributed by atoms with E-state index in [1.807, 2.05) is 0 Å². The Bertz CT molecular complexity index is 1390. The van der Waals surface area contributed by atoms with Crippen molar-refractivity contribution in [2.75, 3.05) is 5.32 Å². The molecule has 9 heteroatoms. The van der Waals surface area contributed by atoms with Gasteiger partial charge in [0.2, 0.25) is 5.71 Å². The molecule has 8 nitrogen and oxygen atoms in total. The molecule has 0 spiro atoms. The molecule has 0 aliphatic heterocycles. The minimum Gasteiger partial charge on any atom is -0.442 e. The zero-order chi connectivity index (χ0) is 22.8. The van der Waals surface area contributed by atoms with E-state index in [4.69, 9.17) is 4.42 Å². The predicted molar refractivity (Wildman–Crippen MR) is 116 cm³/mol. The molecule has 4 aromatic rings. The summed E-state index contributed by atoms with van der Waals surface area (Å²) in [5, 5.41) is 5.64. The number of fused-ring (bicyclic) bond motifs is 1. The third kappa shape index (κ3) is 4.13. The molecule has 4 rings (SSSR count). The molecule has 2 heterocycles. The molecule has 0 radical (unpaired) electrons. The van der Waals surface area contributed by atoms with Crippen LogP contribution in [-0.4, -0.2) is 21.4 Å². The van der Waals surface area contributed by atoms with Crippen LogP contribution >= 0.6 is 0 Å². The molecule has 2 N–H and O–H groups in total. The number of aromatic nitrogens is 2. The van der Waals surface area contributed by atoms with E-state index in [9.17, 15) is 18.8 Å². The topological polar surface area (TPSA) is 106 Å². The zero-order valence-corrected chi connectivity index (χ0v) is 17.3. The van der Waals surface area contributed by atoms with Gasteiger partial charge < -0.3 is 19.6 Å². The Morgan fingerprint density at radius 2 is 1.88 bits per heavy atom. The second-order valence-corrected chi connectivity index (χ2v) is 7.22. The van der Waals surface area contributed by atoms with Crippen molar-refractivity contribution in [1.82, 2.24) is 14.9 Å². The van der Waals surface area contributed by atoms with Crippen molar-refractivity contribution in [2.24, 2.45) is 7.05 Å². The van der Waals surface area contributed by atoms with Crippen LogP contribution in [0.25, 0.3) is 11.1 Å². The van der Waals surface area contributed by atoms with Gasteiger partial charge in [0.1, 0.15) is 23.3 Å². The smallest absolute Gasteiger partial charge is 0.265 e. The van der Waals surface area contributed by atoms with Crippen molar-refractivity contribution in [3.05, 3.63) is 93.5 Å². The second kappa shape index (κ2) is 8.46. The van der Waals surface area contributed by atoms with E-state index < -0.39 is 11.7 Å². The molecule has 0 saturated carbocycles. The Kier molecular flexibility index (Phi) is 5.55. The first-order valence-corrected chi connectivity index (χ1v) is 9.72. The monoisotopic (exact) mass is 434 g/mol. The van der Waals surface area contributed by atoms with Crippen molar-refractivity contribution < 1.29 is 18.4 Å². The lowest BCUT2D eigenvalue weighted by molar-refractivity contribution is 0.0949. The van der Waals surface area contributed by atoms with Gasteiger partial charge in [-0.3, -0.25) is 14.4 Å². The third-order valence-electron chi connectivity index (χ3n) is 4.92. The maximum Gasteiger partial charge on any atom is 0.265 e. The number of furan rings is 1. The fourth-order valence-electron chi connectivity index (χ4n) is 3.29. The van der Waals surface area contributed by atoms with E-state index in [0.29, 0.717) is 17.0 Å². The number of aryl methyl sites for hydroxylation is 2. The highest BCUT2D eigenvalue weighted by Gasteiger charge is 2.22. The van der Waals surface area contributed by atoms with E-state index in [0.717, 1.165) is 5.56 Å². The number of halogens is 1. The number of rotatable bonds is 5. The molecule has 0 atom stereocenters. The van der Waals surface area contributed by atoms with Gasteiger partial charge in [-0.25, -0.2) is 9.37 Å². The van der Waals surface area contributed by atoms with Crippen molar-refractivity contribution in [2.45, 2.75) is 13.5 Å². The first-order chi connectivity index (χ1) is 15.3. The molecule has 162 valence electrons. The van der Waals surface area contributed by atoms with E-state index in [1.54, 1.807) is 38.2 Å². The van der Waals surface area contributed by atoms with Crippen LogP contribution in [0.1, 0.15) is 32.0 Å². The lowest BCUT2D eigenvalue weighted by atomic mass is 10.1. The highest BCUT2D eigenvalue weighted by Crippen LogP contribution is 2.21. The maximum atomic E-state index is 13.0. The van der Waals surface area contributed by atoms with Gasteiger partial charge in [-0.2, -0.15) is 0 Å². The molecule has 2 aromatic carbocycles. The van der Waals surface area contributed by atoms with E-state index in [1.165, 1.54) is 35.2 Å². The average molecular weight is 434 g/mol. The lowest BCUT2D eigenvalue weighted by Crippen LogP contribution is -2.26. The van der Waals surface area contributed by atoms with Crippen LogP contribution in [0.15, 0.2) is 64.1 Å². The van der Waals surface area contributed by atoms with E-state index in [2.05, 4.69) is 15.6 Å². The number of carbonyl (C=O) groups is 2. The number of hydrogen-bond donors (Lipinski definition) is 2. The molecular weight excluding hydrogens is 415 g/mol. The largest absolute Gasteiger partial charge is 0.442 e. The maximum absolute atomic E-state index is 13.0. The summed E-state index contributed by atoms with van der Waals surface area (Å²) in [6.07, 6.45) is 1.33. The standard InChI is InChI=1S/C23H19FN4O4/c1-13-18(19-22(32-13)26-12-28(2)23(19)31)21(30)25-11-14-4-3-5-17(10-14)27-20(29)15-6-8-16(24)9-7-15/h3-10,12H,11H2,1-2H3,(H,25,30)(H,27,29). The third-order valence-corrected chi connectivity index (χ3v) is 4.92. The summed E-state index contributed by atoms with van der Waals surface area (Å²) in [5.74, 6) is -0.968. The van der Waals surface area contributed by atoms with Crippen LogP contribution in [0.5, 0.6) is 0 Å². The number of anilines is 1. The highest BCUT2D eigenvalue weighted by atomic mass is 19.1. The number of carbonyl (C=O) groups excluding carboxylic acids is 2. The van der Waals surface area contributed by atoms with Crippen LogP contribution in [0, 0.1) is 12.7 Å². The van der Waals surface area contributed by atoms with E-state index in [-0.39, 0.29) is 34.7 Å². The van der Waals surface area contributed by atoms with Crippen molar-refractivity contribution in [1.29, 1.82) is 0 Å². The Balaban J connectivity index is 1.49. The van der Waals surface area contributed by atoms with Gasteiger partial charge in [0.25, 0.3) is 17.4 Å². The van der Waals surface area contributed by atoms with E-state index >= 15 is 0 Å². The molecule has 0 saturated heterocycles. The minimum atomic E-state index is -0.466. The number of benzene rings is 2. The van der Waals surface area contributed by atoms with Crippen LogP contribution in [0.2, 0.25) is 0 Å². The first kappa shape index (κ1) is 21.0. The second-order valence-electron chi connectivity index (χ2n) is 7.22. The molecular formula is C23H19FN4O4. The van der Waals surface area contributed by atoms with Crippen molar-refractivity contribution >= 4 is 28.6 Å². The fourth-order valence-corrected chi connectivity index (χ4v) is 3.29. The molecule has 0 aliphatic carbocycles. The van der Waals surface area contributed by atoms with Crippen LogP contribution in [0.4, 0.5) is 10.1 Å². The van der Waals surface area contributed by atoms with Gasteiger partial charge in [0.05, 0.1) is 5.56 Å². The van der Waals surface area contributed by atoms with Crippen molar-refractivity contribution in [3.63, 3.8) is 0 Å². The highest BCUT2D eigenvalue weighted by molar-refractivity contribution is 6.06. The summed E-state index contributed by atoms with van der Waals surface area (Å²) >= 11 is 0. The molecule has 0 unspecified atom stereocenters. The quantitative estimate of drug-likeness (QED) is 0.502. The van der Waals surface area contributed by atoms with Crippen LogP contribution in [-0.2, 0) is 13.6 Å². The minimum absolute atomic E-state index is 0.112. The summed E-state index contributed by atoms with van der Waals surface area (Å²) in [6, 6.07) is 12.2. The molecule has 2 amide bonds. The summed E-state index contributed by atoms with van der Waals surface area (Å²) < 4.78 is 19.8. The average Bonchev–Trinajstić information content (AvgIpc) is 3.12. The molecule has 0 aliphatic rings.